The van der Waals surface area contributed by atoms with Crippen LogP contribution in [0.2, 0.25) is 0 Å². The van der Waals surface area contributed by atoms with E-state index in [4.69, 9.17) is 4.42 Å². The zero-order valence-electron chi connectivity index (χ0n) is 14.0. The van der Waals surface area contributed by atoms with Crippen LogP contribution in [0.15, 0.2) is 41.0 Å². The highest BCUT2D eigenvalue weighted by Gasteiger charge is 2.34. The van der Waals surface area contributed by atoms with Gasteiger partial charge in [0.05, 0.1) is 12.8 Å². The summed E-state index contributed by atoms with van der Waals surface area (Å²) in [5, 5.41) is 2.86. The molecule has 0 saturated carbocycles. The molecule has 1 aromatic heterocycles. The molecule has 1 N–H and O–H groups in total. The van der Waals surface area contributed by atoms with E-state index in [0.717, 1.165) is 17.5 Å². The molecule has 1 aliphatic rings. The quantitative estimate of drug-likeness (QED) is 0.940. The summed E-state index contributed by atoms with van der Waals surface area (Å²) in [7, 11) is 0. The van der Waals surface area contributed by atoms with E-state index < -0.39 is 6.04 Å². The number of likely N-dealkylation sites (tertiary alicyclic amines) is 1. The number of aryl methyl sites for hydroxylation is 1. The van der Waals surface area contributed by atoms with Crippen LogP contribution < -0.4 is 5.32 Å². The minimum atomic E-state index is -0.410. The molecule has 1 aromatic carbocycles. The van der Waals surface area contributed by atoms with Gasteiger partial charge >= 0.3 is 0 Å². The average molecular weight is 326 g/mol. The zero-order chi connectivity index (χ0) is 17.1. The van der Waals surface area contributed by atoms with E-state index in [9.17, 15) is 9.59 Å². The second-order valence-corrected chi connectivity index (χ2v) is 6.20. The Labute approximate surface area is 141 Å². The zero-order valence-corrected chi connectivity index (χ0v) is 14.0. The Kier molecular flexibility index (Phi) is 4.69. The standard InChI is InChI=1S/C19H22N2O3/c1-13-6-3-8-16(14(13)2)19(23)21-10-4-9-17(21)18(22)20-12-15-7-5-11-24-15/h3,5-8,11,17H,4,9-10,12H2,1-2H3,(H,20,22)/t17-/m1/s1. The molecule has 3 rings (SSSR count). The second-order valence-electron chi connectivity index (χ2n) is 6.20. The van der Waals surface area contributed by atoms with E-state index in [1.165, 1.54) is 0 Å². The molecular weight excluding hydrogens is 304 g/mol. The second kappa shape index (κ2) is 6.91. The van der Waals surface area contributed by atoms with Gasteiger partial charge in [0.2, 0.25) is 5.91 Å². The normalized spacial score (nSPS) is 17.1. The first-order valence-electron chi connectivity index (χ1n) is 8.25. The number of nitrogens with one attached hydrogen (secondary N) is 1. The molecule has 5 heteroatoms. The Morgan fingerprint density at radius 1 is 1.25 bits per heavy atom. The van der Waals surface area contributed by atoms with Crippen LogP contribution in [0.4, 0.5) is 0 Å². The van der Waals surface area contributed by atoms with Crippen molar-refractivity contribution in [3.05, 3.63) is 59.0 Å². The lowest BCUT2D eigenvalue weighted by Crippen LogP contribution is -2.45. The highest BCUT2D eigenvalue weighted by molar-refractivity contribution is 5.99. The number of hydrogen-bond acceptors (Lipinski definition) is 3. The van der Waals surface area contributed by atoms with E-state index in [2.05, 4.69) is 5.32 Å². The van der Waals surface area contributed by atoms with Crippen LogP contribution in [0.1, 0.15) is 40.1 Å². The summed E-state index contributed by atoms with van der Waals surface area (Å²) in [6.07, 6.45) is 3.11. The largest absolute Gasteiger partial charge is 0.467 e. The smallest absolute Gasteiger partial charge is 0.254 e. The Morgan fingerprint density at radius 3 is 2.83 bits per heavy atom. The Morgan fingerprint density at radius 2 is 2.08 bits per heavy atom. The van der Waals surface area contributed by atoms with E-state index >= 15 is 0 Å². The van der Waals surface area contributed by atoms with Crippen molar-refractivity contribution in [1.82, 2.24) is 10.2 Å². The third-order valence-electron chi connectivity index (χ3n) is 4.67. The van der Waals surface area contributed by atoms with Gasteiger partial charge in [0, 0.05) is 12.1 Å². The van der Waals surface area contributed by atoms with Gasteiger partial charge in [-0.3, -0.25) is 9.59 Å². The molecule has 0 unspecified atom stereocenters. The molecule has 1 saturated heterocycles. The summed E-state index contributed by atoms with van der Waals surface area (Å²) in [6.45, 7) is 4.90. The fraction of sp³-hybridized carbons (Fsp3) is 0.368. The van der Waals surface area contributed by atoms with Gasteiger partial charge in [-0.1, -0.05) is 12.1 Å². The first-order chi connectivity index (χ1) is 11.6. The molecule has 126 valence electrons. The molecular formula is C19H22N2O3. The summed E-state index contributed by atoms with van der Waals surface area (Å²) in [5.74, 6) is 0.517. The number of rotatable bonds is 4. The molecule has 0 radical (unpaired) electrons. The molecule has 1 aliphatic heterocycles. The van der Waals surface area contributed by atoms with Crippen molar-refractivity contribution in [2.24, 2.45) is 0 Å². The van der Waals surface area contributed by atoms with E-state index in [1.54, 1.807) is 17.2 Å². The van der Waals surface area contributed by atoms with Gasteiger partial charge in [-0.2, -0.15) is 0 Å². The highest BCUT2D eigenvalue weighted by Crippen LogP contribution is 2.23. The summed E-state index contributed by atoms with van der Waals surface area (Å²) < 4.78 is 5.22. The first kappa shape index (κ1) is 16.3. The maximum atomic E-state index is 12.9. The van der Waals surface area contributed by atoms with Crippen molar-refractivity contribution in [3.8, 4) is 0 Å². The maximum Gasteiger partial charge on any atom is 0.254 e. The van der Waals surface area contributed by atoms with Crippen LogP contribution in [0, 0.1) is 13.8 Å². The molecule has 1 fully saturated rings. The van der Waals surface area contributed by atoms with Crippen LogP contribution >= 0.6 is 0 Å². The fourth-order valence-electron chi connectivity index (χ4n) is 3.13. The molecule has 2 amide bonds. The van der Waals surface area contributed by atoms with Crippen molar-refractivity contribution in [2.45, 2.75) is 39.3 Å². The van der Waals surface area contributed by atoms with Gasteiger partial charge < -0.3 is 14.6 Å². The third-order valence-corrected chi connectivity index (χ3v) is 4.67. The summed E-state index contributed by atoms with van der Waals surface area (Å²) in [6, 6.07) is 8.90. The predicted octanol–water partition coefficient (Wildman–Crippen LogP) is 2.82. The number of carbonyl (C=O) groups excluding carboxylic acids is 2. The lowest BCUT2D eigenvalue weighted by molar-refractivity contribution is -0.125. The molecule has 24 heavy (non-hydrogen) atoms. The monoisotopic (exact) mass is 326 g/mol. The molecule has 2 aromatic rings. The molecule has 0 aliphatic carbocycles. The number of furan rings is 1. The molecule has 2 heterocycles. The van der Waals surface area contributed by atoms with Crippen LogP contribution in [0.3, 0.4) is 0 Å². The van der Waals surface area contributed by atoms with Crippen LogP contribution in [-0.2, 0) is 11.3 Å². The van der Waals surface area contributed by atoms with Crippen LogP contribution in [-0.4, -0.2) is 29.3 Å². The number of benzene rings is 1. The van der Waals surface area contributed by atoms with Crippen molar-refractivity contribution in [3.63, 3.8) is 0 Å². The highest BCUT2D eigenvalue weighted by atomic mass is 16.3. The Bertz CT molecular complexity index is 737. The van der Waals surface area contributed by atoms with Gasteiger partial charge in [-0.25, -0.2) is 0 Å². The van der Waals surface area contributed by atoms with E-state index in [1.807, 2.05) is 38.1 Å². The summed E-state index contributed by atoms with van der Waals surface area (Å²) >= 11 is 0. The van der Waals surface area contributed by atoms with E-state index in [0.29, 0.717) is 30.8 Å². The van der Waals surface area contributed by atoms with Crippen molar-refractivity contribution < 1.29 is 14.0 Å². The lowest BCUT2D eigenvalue weighted by atomic mass is 10.0. The predicted molar refractivity (Wildman–Crippen MR) is 90.5 cm³/mol. The average Bonchev–Trinajstić information content (AvgIpc) is 3.26. The topological polar surface area (TPSA) is 62.6 Å². The molecule has 0 bridgehead atoms. The summed E-state index contributed by atoms with van der Waals surface area (Å²) in [4.78, 5) is 27.1. The van der Waals surface area contributed by atoms with Gasteiger partial charge in [0.15, 0.2) is 0 Å². The summed E-state index contributed by atoms with van der Waals surface area (Å²) in [5.41, 5.74) is 2.74. The minimum Gasteiger partial charge on any atom is -0.467 e. The van der Waals surface area contributed by atoms with E-state index in [-0.39, 0.29) is 11.8 Å². The number of hydrogen-bond donors (Lipinski definition) is 1. The Hall–Kier alpha value is -2.56. The van der Waals surface area contributed by atoms with Gasteiger partial charge in [0.1, 0.15) is 11.8 Å². The molecule has 0 spiro atoms. The lowest BCUT2D eigenvalue weighted by Gasteiger charge is -2.25. The Balaban J connectivity index is 1.71. The van der Waals surface area contributed by atoms with Crippen LogP contribution in [0.25, 0.3) is 0 Å². The van der Waals surface area contributed by atoms with Gasteiger partial charge in [-0.05, 0) is 56.0 Å². The fourth-order valence-corrected chi connectivity index (χ4v) is 3.13. The van der Waals surface area contributed by atoms with Crippen LogP contribution in [0.5, 0.6) is 0 Å². The van der Waals surface area contributed by atoms with Gasteiger partial charge in [-0.15, -0.1) is 0 Å². The van der Waals surface area contributed by atoms with Crippen molar-refractivity contribution in [1.29, 1.82) is 0 Å². The number of carbonyl (C=O) groups is 2. The minimum absolute atomic E-state index is 0.0631. The van der Waals surface area contributed by atoms with Crippen molar-refractivity contribution in [2.75, 3.05) is 6.54 Å². The SMILES string of the molecule is Cc1cccc(C(=O)N2CCC[C@@H]2C(=O)NCc2ccco2)c1C. The molecule has 5 nitrogen and oxygen atoms in total. The third kappa shape index (κ3) is 3.20. The number of amides is 2. The first-order valence-corrected chi connectivity index (χ1v) is 8.25. The maximum absolute atomic E-state index is 12.9. The van der Waals surface area contributed by atoms with Gasteiger partial charge in [0.25, 0.3) is 5.91 Å². The van der Waals surface area contributed by atoms with Crippen molar-refractivity contribution >= 4 is 11.8 Å². The number of nitrogens with zero attached hydrogens (tertiary/aromatic N) is 1. The molecule has 1 atom stereocenters.